The molecule has 0 radical (unpaired) electrons. The summed E-state index contributed by atoms with van der Waals surface area (Å²) in [5, 5.41) is 8.99. The summed E-state index contributed by atoms with van der Waals surface area (Å²) in [5.74, 6) is 0. The van der Waals surface area contributed by atoms with Crippen molar-refractivity contribution < 1.29 is 13.5 Å². The third-order valence-corrected chi connectivity index (χ3v) is 4.75. The van der Waals surface area contributed by atoms with E-state index in [1.807, 2.05) is 20.8 Å². The molecule has 1 atom stereocenters. The van der Waals surface area contributed by atoms with Gasteiger partial charge in [-0.2, -0.15) is 17.4 Å². The van der Waals surface area contributed by atoms with Gasteiger partial charge in [0.25, 0.3) is 10.2 Å². The van der Waals surface area contributed by atoms with Gasteiger partial charge in [-0.1, -0.05) is 6.42 Å². The highest BCUT2D eigenvalue weighted by Gasteiger charge is 2.33. The van der Waals surface area contributed by atoms with Crippen LogP contribution >= 0.6 is 0 Å². The Morgan fingerprint density at radius 1 is 1.35 bits per heavy atom. The van der Waals surface area contributed by atoms with Crippen molar-refractivity contribution in [1.29, 1.82) is 0 Å². The molecule has 1 fully saturated rings. The maximum Gasteiger partial charge on any atom is 0.280 e. The van der Waals surface area contributed by atoms with Gasteiger partial charge in [0.15, 0.2) is 0 Å². The molecule has 0 amide bonds. The molecule has 6 heteroatoms. The minimum absolute atomic E-state index is 0.0339. The summed E-state index contributed by atoms with van der Waals surface area (Å²) in [5.41, 5.74) is -0.472. The summed E-state index contributed by atoms with van der Waals surface area (Å²) in [6, 6.07) is -0.0615. The van der Waals surface area contributed by atoms with Gasteiger partial charge < -0.3 is 5.11 Å². The van der Waals surface area contributed by atoms with Crippen molar-refractivity contribution in [3.63, 3.8) is 0 Å². The molecule has 17 heavy (non-hydrogen) atoms. The number of aliphatic hydroxyl groups is 1. The molecular weight excluding hydrogens is 240 g/mol. The van der Waals surface area contributed by atoms with Gasteiger partial charge in [-0.15, -0.1) is 0 Å². The van der Waals surface area contributed by atoms with Gasteiger partial charge in [0.2, 0.25) is 0 Å². The number of hydrogen-bond donors (Lipinski definition) is 2. The topological polar surface area (TPSA) is 69.6 Å². The Morgan fingerprint density at radius 3 is 2.53 bits per heavy atom. The van der Waals surface area contributed by atoms with Crippen molar-refractivity contribution in [3.8, 4) is 0 Å². The lowest BCUT2D eigenvalue weighted by Crippen LogP contribution is -2.53. The molecule has 1 saturated heterocycles. The molecule has 0 spiro atoms. The largest absolute Gasteiger partial charge is 0.396 e. The summed E-state index contributed by atoms with van der Waals surface area (Å²) in [4.78, 5) is 0. The van der Waals surface area contributed by atoms with Crippen LogP contribution in [0.3, 0.4) is 0 Å². The zero-order valence-corrected chi connectivity index (χ0v) is 11.8. The number of nitrogens with zero attached hydrogens (tertiary/aromatic N) is 1. The molecule has 1 unspecified atom stereocenters. The zero-order valence-electron chi connectivity index (χ0n) is 10.9. The predicted molar refractivity (Wildman–Crippen MR) is 67.9 cm³/mol. The quantitative estimate of drug-likeness (QED) is 0.791. The first-order valence-electron chi connectivity index (χ1n) is 6.18. The standard InChI is InChI=1S/C11H24N2O3S/c1-11(2,3)12-17(15,16)13-8-5-4-6-10(13)7-9-14/h10,12,14H,4-9H2,1-3H3. The second-order valence-electron chi connectivity index (χ2n) is 5.63. The fourth-order valence-corrected chi connectivity index (χ4v) is 4.04. The van der Waals surface area contributed by atoms with E-state index in [1.54, 1.807) is 0 Å². The molecule has 1 heterocycles. The van der Waals surface area contributed by atoms with Crippen LogP contribution in [0.25, 0.3) is 0 Å². The summed E-state index contributed by atoms with van der Waals surface area (Å²) in [7, 11) is -3.44. The molecule has 0 aromatic heterocycles. The van der Waals surface area contributed by atoms with Crippen LogP contribution in [-0.4, -0.2) is 42.6 Å². The number of piperidine rings is 1. The van der Waals surface area contributed by atoms with Gasteiger partial charge in [0.1, 0.15) is 0 Å². The van der Waals surface area contributed by atoms with Crippen LogP contribution in [0, 0.1) is 0 Å². The third-order valence-electron chi connectivity index (χ3n) is 2.78. The first-order valence-corrected chi connectivity index (χ1v) is 7.62. The van der Waals surface area contributed by atoms with Crippen molar-refractivity contribution in [1.82, 2.24) is 9.03 Å². The normalized spacial score (nSPS) is 23.9. The molecule has 0 saturated carbocycles. The lowest BCUT2D eigenvalue weighted by molar-refractivity contribution is 0.189. The summed E-state index contributed by atoms with van der Waals surface area (Å²) >= 11 is 0. The summed E-state index contributed by atoms with van der Waals surface area (Å²) in [6.45, 7) is 6.07. The van der Waals surface area contributed by atoms with Crippen LogP contribution in [0.2, 0.25) is 0 Å². The Bertz CT molecular complexity index is 333. The Morgan fingerprint density at radius 2 is 2.00 bits per heavy atom. The van der Waals surface area contributed by atoms with E-state index >= 15 is 0 Å². The summed E-state index contributed by atoms with van der Waals surface area (Å²) in [6.07, 6.45) is 3.29. The maximum atomic E-state index is 12.2. The van der Waals surface area contributed by atoms with E-state index < -0.39 is 15.7 Å². The molecule has 1 aliphatic rings. The van der Waals surface area contributed by atoms with Crippen molar-refractivity contribution in [3.05, 3.63) is 0 Å². The van der Waals surface area contributed by atoms with Gasteiger partial charge >= 0.3 is 0 Å². The van der Waals surface area contributed by atoms with Crippen LogP contribution in [0.15, 0.2) is 0 Å². The average Bonchev–Trinajstić information content (AvgIpc) is 2.15. The van der Waals surface area contributed by atoms with Gasteiger partial charge in [-0.05, 0) is 40.0 Å². The number of nitrogens with one attached hydrogen (secondary N) is 1. The number of aliphatic hydroxyl groups excluding tert-OH is 1. The Balaban J connectivity index is 2.80. The number of rotatable bonds is 4. The minimum Gasteiger partial charge on any atom is -0.396 e. The smallest absolute Gasteiger partial charge is 0.280 e. The molecule has 0 aliphatic carbocycles. The van der Waals surface area contributed by atoms with E-state index in [-0.39, 0.29) is 12.6 Å². The Kier molecular flexibility index (Phi) is 4.95. The van der Waals surface area contributed by atoms with Crippen molar-refractivity contribution in [2.75, 3.05) is 13.2 Å². The lowest BCUT2D eigenvalue weighted by atomic mass is 10.0. The predicted octanol–water partition coefficient (Wildman–Crippen LogP) is 0.856. The zero-order chi connectivity index (χ0) is 13.1. The van der Waals surface area contributed by atoms with Crippen LogP contribution in [0.1, 0.15) is 46.5 Å². The molecule has 1 aliphatic heterocycles. The monoisotopic (exact) mass is 264 g/mol. The lowest BCUT2D eigenvalue weighted by Gasteiger charge is -2.36. The van der Waals surface area contributed by atoms with E-state index in [4.69, 9.17) is 5.11 Å². The highest BCUT2D eigenvalue weighted by Crippen LogP contribution is 2.22. The molecule has 1 rings (SSSR count). The van der Waals surface area contributed by atoms with Crippen LogP contribution in [0.4, 0.5) is 0 Å². The summed E-state index contributed by atoms with van der Waals surface area (Å²) < 4.78 is 28.6. The Labute approximate surface area is 104 Å². The first-order chi connectivity index (χ1) is 7.76. The van der Waals surface area contributed by atoms with Gasteiger partial charge in [0.05, 0.1) is 0 Å². The van der Waals surface area contributed by atoms with Gasteiger partial charge in [-0.3, -0.25) is 0 Å². The molecule has 0 bridgehead atoms. The van der Waals surface area contributed by atoms with E-state index in [0.29, 0.717) is 13.0 Å². The van der Waals surface area contributed by atoms with E-state index in [9.17, 15) is 8.42 Å². The van der Waals surface area contributed by atoms with Crippen LogP contribution < -0.4 is 4.72 Å². The van der Waals surface area contributed by atoms with E-state index in [2.05, 4.69) is 4.72 Å². The van der Waals surface area contributed by atoms with Gasteiger partial charge in [-0.25, -0.2) is 0 Å². The van der Waals surface area contributed by atoms with Crippen molar-refractivity contribution in [2.45, 2.75) is 58.0 Å². The minimum atomic E-state index is -3.44. The van der Waals surface area contributed by atoms with Crippen LogP contribution in [-0.2, 0) is 10.2 Å². The fourth-order valence-electron chi connectivity index (χ4n) is 2.17. The fraction of sp³-hybridized carbons (Fsp3) is 1.00. The Hall–Kier alpha value is -0.170. The second-order valence-corrected chi connectivity index (χ2v) is 7.25. The highest BCUT2D eigenvalue weighted by atomic mass is 32.2. The molecule has 0 aromatic rings. The SMILES string of the molecule is CC(C)(C)NS(=O)(=O)N1CCCCC1CCO. The molecule has 5 nitrogen and oxygen atoms in total. The van der Waals surface area contributed by atoms with Crippen molar-refractivity contribution in [2.24, 2.45) is 0 Å². The second kappa shape index (κ2) is 5.65. The van der Waals surface area contributed by atoms with Gasteiger partial charge in [0, 0.05) is 24.7 Å². The first kappa shape index (κ1) is 14.9. The van der Waals surface area contributed by atoms with E-state index in [1.165, 1.54) is 4.31 Å². The average molecular weight is 264 g/mol. The highest BCUT2D eigenvalue weighted by molar-refractivity contribution is 7.87. The molecule has 2 N–H and O–H groups in total. The third kappa shape index (κ3) is 4.54. The molecule has 102 valence electrons. The molecule has 0 aromatic carbocycles. The van der Waals surface area contributed by atoms with E-state index in [0.717, 1.165) is 19.3 Å². The maximum absolute atomic E-state index is 12.2. The van der Waals surface area contributed by atoms with Crippen molar-refractivity contribution >= 4 is 10.2 Å². The van der Waals surface area contributed by atoms with Crippen LogP contribution in [0.5, 0.6) is 0 Å². The number of hydrogen-bond acceptors (Lipinski definition) is 3. The molecular formula is C11H24N2O3S.